The second-order valence-electron chi connectivity index (χ2n) is 5.19. The van der Waals surface area contributed by atoms with E-state index in [-0.39, 0.29) is 6.42 Å². The van der Waals surface area contributed by atoms with Crippen LogP contribution in [0.5, 0.6) is 0 Å². The molecule has 0 aliphatic carbocycles. The van der Waals surface area contributed by atoms with E-state index in [1.54, 1.807) is 25.3 Å². The molecule has 2 aromatic rings. The van der Waals surface area contributed by atoms with Crippen molar-refractivity contribution >= 4 is 11.6 Å². The molecule has 6 heteroatoms. The number of benzene rings is 1. The maximum atomic E-state index is 13.1. The molecule has 1 aliphatic heterocycles. The summed E-state index contributed by atoms with van der Waals surface area (Å²) in [6.45, 7) is 1.73. The van der Waals surface area contributed by atoms with Crippen molar-refractivity contribution in [3.05, 3.63) is 65.7 Å². The Morgan fingerprint density at radius 2 is 2.05 bits per heavy atom. The second kappa shape index (κ2) is 5.31. The zero-order chi connectivity index (χ0) is 15.7. The Bertz CT molecular complexity index is 731. The molecule has 1 aromatic heterocycles. The normalized spacial score (nSPS) is 20.9. The van der Waals surface area contributed by atoms with Crippen LogP contribution in [0.1, 0.15) is 29.3 Å². The van der Waals surface area contributed by atoms with E-state index in [1.807, 2.05) is 0 Å². The van der Waals surface area contributed by atoms with Crippen LogP contribution in [-0.4, -0.2) is 26.7 Å². The first-order chi connectivity index (χ1) is 10.5. The quantitative estimate of drug-likeness (QED) is 0.925. The molecule has 0 bridgehead atoms. The standard InChI is InChI=1S/C16H14FN3O2/c1-11-9-16(22,13-4-6-14(17)7-5-13)20(19-11)15(21)12-3-2-8-18-10-12/h2-8,10,22H,9H2,1H3/t16-/m0/s1. The van der Waals surface area contributed by atoms with Crippen LogP contribution in [0.25, 0.3) is 0 Å². The summed E-state index contributed by atoms with van der Waals surface area (Å²) in [5, 5.41) is 16.1. The van der Waals surface area contributed by atoms with Crippen molar-refractivity contribution in [2.75, 3.05) is 0 Å². The third kappa shape index (κ3) is 2.37. The van der Waals surface area contributed by atoms with Crippen molar-refractivity contribution in [3.63, 3.8) is 0 Å². The van der Waals surface area contributed by atoms with Gasteiger partial charge in [0.2, 0.25) is 0 Å². The summed E-state index contributed by atoms with van der Waals surface area (Å²) in [4.78, 5) is 16.5. The zero-order valence-electron chi connectivity index (χ0n) is 11.9. The van der Waals surface area contributed by atoms with Crippen LogP contribution in [0.2, 0.25) is 0 Å². The Hall–Kier alpha value is -2.60. The van der Waals surface area contributed by atoms with Gasteiger partial charge >= 0.3 is 0 Å². The van der Waals surface area contributed by atoms with Crippen LogP contribution in [-0.2, 0) is 5.72 Å². The molecule has 1 aromatic carbocycles. The molecule has 112 valence electrons. The zero-order valence-corrected chi connectivity index (χ0v) is 11.9. The third-order valence-corrected chi connectivity index (χ3v) is 3.53. The van der Waals surface area contributed by atoms with E-state index in [2.05, 4.69) is 10.1 Å². The van der Waals surface area contributed by atoms with Crippen molar-refractivity contribution in [2.45, 2.75) is 19.1 Å². The third-order valence-electron chi connectivity index (χ3n) is 3.53. The second-order valence-corrected chi connectivity index (χ2v) is 5.19. The number of aliphatic hydroxyl groups is 1. The fraction of sp³-hybridized carbons (Fsp3) is 0.188. The summed E-state index contributed by atoms with van der Waals surface area (Å²) in [6.07, 6.45) is 3.14. The van der Waals surface area contributed by atoms with Crippen molar-refractivity contribution in [3.8, 4) is 0 Å². The molecule has 0 saturated heterocycles. The van der Waals surface area contributed by atoms with Gasteiger partial charge in [-0.2, -0.15) is 10.1 Å². The van der Waals surface area contributed by atoms with Crippen molar-refractivity contribution in [2.24, 2.45) is 5.10 Å². The predicted molar refractivity (Wildman–Crippen MR) is 78.4 cm³/mol. The van der Waals surface area contributed by atoms with Crippen LogP contribution in [0.4, 0.5) is 4.39 Å². The molecule has 0 fully saturated rings. The Labute approximate surface area is 126 Å². The first kappa shape index (κ1) is 14.3. The van der Waals surface area contributed by atoms with Gasteiger partial charge in [0.05, 0.1) is 5.56 Å². The largest absolute Gasteiger partial charge is 0.365 e. The van der Waals surface area contributed by atoms with E-state index >= 15 is 0 Å². The van der Waals surface area contributed by atoms with Crippen LogP contribution in [0.15, 0.2) is 53.9 Å². The van der Waals surface area contributed by atoms with Crippen LogP contribution >= 0.6 is 0 Å². The minimum atomic E-state index is -1.62. The highest BCUT2D eigenvalue weighted by Gasteiger charge is 2.45. The number of halogens is 1. The highest BCUT2D eigenvalue weighted by Crippen LogP contribution is 2.36. The molecule has 1 atom stereocenters. The monoisotopic (exact) mass is 299 g/mol. The van der Waals surface area contributed by atoms with Crippen LogP contribution in [0, 0.1) is 5.82 Å². The summed E-state index contributed by atoms with van der Waals surface area (Å²) in [6, 6.07) is 8.63. The Morgan fingerprint density at radius 1 is 1.32 bits per heavy atom. The van der Waals surface area contributed by atoms with Gasteiger partial charge in [0.25, 0.3) is 5.91 Å². The number of amides is 1. The average Bonchev–Trinajstić information content (AvgIpc) is 2.84. The maximum Gasteiger partial charge on any atom is 0.278 e. The van der Waals surface area contributed by atoms with Gasteiger partial charge in [-0.3, -0.25) is 9.78 Å². The molecule has 1 amide bonds. The number of aromatic nitrogens is 1. The van der Waals surface area contributed by atoms with Gasteiger partial charge in [0.1, 0.15) is 5.82 Å². The molecule has 0 radical (unpaired) electrons. The summed E-state index contributed by atoms with van der Waals surface area (Å²) in [7, 11) is 0. The molecule has 1 aliphatic rings. The Kier molecular flexibility index (Phi) is 3.46. The Balaban J connectivity index is 2.01. The molecule has 3 rings (SSSR count). The number of hydrogen-bond acceptors (Lipinski definition) is 4. The number of carbonyl (C=O) groups is 1. The molecule has 22 heavy (non-hydrogen) atoms. The topological polar surface area (TPSA) is 65.8 Å². The SMILES string of the molecule is CC1=NN(C(=O)c2cccnc2)[C@@](O)(c2ccc(F)cc2)C1. The molecule has 0 saturated carbocycles. The molecule has 0 spiro atoms. The van der Waals surface area contributed by atoms with Crippen molar-refractivity contribution in [1.29, 1.82) is 0 Å². The Morgan fingerprint density at radius 3 is 2.68 bits per heavy atom. The minimum absolute atomic E-state index is 0.171. The van der Waals surface area contributed by atoms with Crippen LogP contribution in [0.3, 0.4) is 0 Å². The smallest absolute Gasteiger partial charge is 0.278 e. The van der Waals surface area contributed by atoms with Gasteiger partial charge in [0.15, 0.2) is 5.72 Å². The van der Waals surface area contributed by atoms with E-state index in [0.717, 1.165) is 5.01 Å². The number of rotatable bonds is 2. The van der Waals surface area contributed by atoms with Gasteiger partial charge in [0, 0.05) is 30.1 Å². The highest BCUT2D eigenvalue weighted by atomic mass is 19.1. The van der Waals surface area contributed by atoms with Crippen LogP contribution < -0.4 is 0 Å². The molecule has 2 heterocycles. The number of nitrogens with zero attached hydrogens (tertiary/aromatic N) is 3. The fourth-order valence-electron chi connectivity index (χ4n) is 2.49. The molecule has 5 nitrogen and oxygen atoms in total. The van der Waals surface area contributed by atoms with Crippen molar-refractivity contribution in [1.82, 2.24) is 9.99 Å². The first-order valence-corrected chi connectivity index (χ1v) is 6.78. The summed E-state index contributed by atoms with van der Waals surface area (Å²) < 4.78 is 13.1. The molecular weight excluding hydrogens is 285 g/mol. The number of hydrogen-bond donors (Lipinski definition) is 1. The van der Waals surface area contributed by atoms with E-state index < -0.39 is 17.4 Å². The van der Waals surface area contributed by atoms with E-state index in [1.165, 1.54) is 30.5 Å². The highest BCUT2D eigenvalue weighted by molar-refractivity contribution is 5.97. The predicted octanol–water partition coefficient (Wildman–Crippen LogP) is 2.29. The summed E-state index contributed by atoms with van der Waals surface area (Å²) >= 11 is 0. The maximum absolute atomic E-state index is 13.1. The summed E-state index contributed by atoms with van der Waals surface area (Å²) in [5.41, 5.74) is -0.276. The minimum Gasteiger partial charge on any atom is -0.365 e. The number of pyridine rings is 1. The lowest BCUT2D eigenvalue weighted by Crippen LogP contribution is -2.43. The van der Waals surface area contributed by atoms with Gasteiger partial charge in [-0.25, -0.2) is 4.39 Å². The lowest BCUT2D eigenvalue weighted by molar-refractivity contribution is -0.0765. The molecule has 1 N–H and O–H groups in total. The van der Waals surface area contributed by atoms with Crippen molar-refractivity contribution < 1.29 is 14.3 Å². The fourth-order valence-corrected chi connectivity index (χ4v) is 2.49. The number of carbonyl (C=O) groups excluding carboxylic acids is 1. The van der Waals surface area contributed by atoms with Gasteiger partial charge in [-0.05, 0) is 31.2 Å². The van der Waals surface area contributed by atoms with Gasteiger partial charge in [-0.15, -0.1) is 0 Å². The van der Waals surface area contributed by atoms with E-state index in [4.69, 9.17) is 0 Å². The van der Waals surface area contributed by atoms with E-state index in [9.17, 15) is 14.3 Å². The number of hydrazone groups is 1. The lowest BCUT2D eigenvalue weighted by Gasteiger charge is -2.31. The summed E-state index contributed by atoms with van der Waals surface area (Å²) in [5.74, 6) is -0.870. The van der Waals surface area contributed by atoms with Gasteiger partial charge in [-0.1, -0.05) is 12.1 Å². The average molecular weight is 299 g/mol. The van der Waals surface area contributed by atoms with E-state index in [0.29, 0.717) is 16.8 Å². The lowest BCUT2D eigenvalue weighted by atomic mass is 9.97. The van der Waals surface area contributed by atoms with Gasteiger partial charge < -0.3 is 5.11 Å². The first-order valence-electron chi connectivity index (χ1n) is 6.78. The molecular formula is C16H14FN3O2. The molecule has 0 unspecified atom stereocenters.